The molecule has 0 saturated carbocycles. The Morgan fingerprint density at radius 1 is 1.20 bits per heavy atom. The average Bonchev–Trinajstić information content (AvgIpc) is 3.09. The molecule has 2 aromatic carbocycles. The van der Waals surface area contributed by atoms with Gasteiger partial charge in [0.25, 0.3) is 11.6 Å². The second-order valence-electron chi connectivity index (χ2n) is 4.87. The maximum atomic E-state index is 11.9. The first-order valence-electron chi connectivity index (χ1n) is 7.03. The Balaban J connectivity index is 1.65. The van der Waals surface area contributed by atoms with Gasteiger partial charge in [-0.2, -0.15) is 4.98 Å². The number of nitro groups is 1. The second-order valence-corrected chi connectivity index (χ2v) is 5.28. The van der Waals surface area contributed by atoms with E-state index in [9.17, 15) is 14.9 Å². The first-order valence-corrected chi connectivity index (χ1v) is 7.41. The lowest BCUT2D eigenvalue weighted by Gasteiger charge is -2.01. The van der Waals surface area contributed by atoms with Crippen LogP contribution < -0.4 is 0 Å². The van der Waals surface area contributed by atoms with Crippen molar-refractivity contribution in [1.82, 2.24) is 10.1 Å². The summed E-state index contributed by atoms with van der Waals surface area (Å²) in [7, 11) is 0. The zero-order valence-corrected chi connectivity index (χ0v) is 13.3. The number of nitro benzene ring substituents is 1. The summed E-state index contributed by atoms with van der Waals surface area (Å²) < 4.78 is 10.1. The molecule has 0 aliphatic rings. The monoisotopic (exact) mass is 359 g/mol. The molecule has 3 aromatic rings. The Morgan fingerprint density at radius 2 is 1.92 bits per heavy atom. The second kappa shape index (κ2) is 7.10. The fraction of sp³-hybridized carbons (Fsp3) is 0.0625. The number of aromatic nitrogens is 2. The number of esters is 1. The molecule has 0 amide bonds. The van der Waals surface area contributed by atoms with Crippen molar-refractivity contribution in [2.75, 3.05) is 0 Å². The molecule has 3 rings (SSSR count). The van der Waals surface area contributed by atoms with E-state index in [4.69, 9.17) is 20.9 Å². The van der Waals surface area contributed by atoms with E-state index in [0.717, 1.165) is 0 Å². The molecule has 0 radical (unpaired) electrons. The zero-order valence-electron chi connectivity index (χ0n) is 12.6. The van der Waals surface area contributed by atoms with Gasteiger partial charge in [0.05, 0.1) is 15.5 Å². The van der Waals surface area contributed by atoms with E-state index in [1.165, 1.54) is 24.3 Å². The molecular weight excluding hydrogens is 350 g/mol. The minimum Gasteiger partial charge on any atom is -0.452 e. The summed E-state index contributed by atoms with van der Waals surface area (Å²) >= 11 is 6.06. The number of rotatable bonds is 5. The number of halogens is 1. The largest absolute Gasteiger partial charge is 0.452 e. The van der Waals surface area contributed by atoms with Crippen LogP contribution in [0.5, 0.6) is 0 Å². The van der Waals surface area contributed by atoms with Crippen LogP contribution in [0.1, 0.15) is 16.2 Å². The third-order valence-electron chi connectivity index (χ3n) is 3.22. The van der Waals surface area contributed by atoms with Crippen LogP contribution in [0, 0.1) is 10.1 Å². The Kier molecular flexibility index (Phi) is 4.71. The maximum Gasteiger partial charge on any atom is 0.338 e. The van der Waals surface area contributed by atoms with E-state index in [0.29, 0.717) is 10.6 Å². The smallest absolute Gasteiger partial charge is 0.338 e. The highest BCUT2D eigenvalue weighted by Crippen LogP contribution is 2.25. The first kappa shape index (κ1) is 16.6. The first-order chi connectivity index (χ1) is 12.0. The van der Waals surface area contributed by atoms with Gasteiger partial charge in [-0.3, -0.25) is 10.1 Å². The number of hydrogen-bond donors (Lipinski definition) is 0. The molecular formula is C16H10ClN3O5. The fourth-order valence-electron chi connectivity index (χ4n) is 2.00. The summed E-state index contributed by atoms with van der Waals surface area (Å²) in [6, 6.07) is 12.1. The number of non-ortho nitro benzene ring substituents is 1. The number of nitrogens with zero attached hydrogens (tertiary/aromatic N) is 3. The van der Waals surface area contributed by atoms with Crippen LogP contribution in [0.2, 0.25) is 5.02 Å². The normalized spacial score (nSPS) is 10.4. The quantitative estimate of drug-likeness (QED) is 0.388. The SMILES string of the molecule is O=C(OCc1nc(-c2ccccc2Cl)no1)c1ccc([N+](=O)[O-])cc1. The van der Waals surface area contributed by atoms with Gasteiger partial charge < -0.3 is 9.26 Å². The Hall–Kier alpha value is -3.26. The average molecular weight is 360 g/mol. The van der Waals surface area contributed by atoms with Crippen molar-refractivity contribution >= 4 is 23.3 Å². The number of ether oxygens (including phenoxy) is 1. The topological polar surface area (TPSA) is 108 Å². The summed E-state index contributed by atoms with van der Waals surface area (Å²) in [5.41, 5.74) is 0.662. The predicted octanol–water partition coefficient (Wildman–Crippen LogP) is 3.66. The summed E-state index contributed by atoms with van der Waals surface area (Å²) in [6.07, 6.45) is 0. The lowest BCUT2D eigenvalue weighted by Crippen LogP contribution is -2.05. The molecule has 9 heteroatoms. The van der Waals surface area contributed by atoms with Crippen LogP contribution in [0.25, 0.3) is 11.4 Å². The molecule has 0 bridgehead atoms. The Morgan fingerprint density at radius 3 is 2.60 bits per heavy atom. The minimum atomic E-state index is -0.660. The van der Waals surface area contributed by atoms with Gasteiger partial charge in [-0.25, -0.2) is 4.79 Å². The molecule has 0 unspecified atom stereocenters. The summed E-state index contributed by atoms with van der Waals surface area (Å²) in [5, 5.41) is 14.9. The zero-order chi connectivity index (χ0) is 17.8. The van der Waals surface area contributed by atoms with Gasteiger partial charge in [-0.1, -0.05) is 28.9 Å². The minimum absolute atomic E-state index is 0.102. The molecule has 0 atom stereocenters. The molecule has 0 N–H and O–H groups in total. The van der Waals surface area contributed by atoms with Gasteiger partial charge in [-0.05, 0) is 24.3 Å². The van der Waals surface area contributed by atoms with E-state index >= 15 is 0 Å². The van der Waals surface area contributed by atoms with E-state index in [-0.39, 0.29) is 29.6 Å². The van der Waals surface area contributed by atoms with Crippen LogP contribution in [0.3, 0.4) is 0 Å². The van der Waals surface area contributed by atoms with Crippen LogP contribution in [0.4, 0.5) is 5.69 Å². The van der Waals surface area contributed by atoms with Gasteiger partial charge in [-0.15, -0.1) is 0 Å². The Bertz CT molecular complexity index is 924. The molecule has 126 valence electrons. The van der Waals surface area contributed by atoms with E-state index in [1.807, 2.05) is 0 Å². The lowest BCUT2D eigenvalue weighted by atomic mass is 10.2. The maximum absolute atomic E-state index is 11.9. The number of carbonyl (C=O) groups is 1. The lowest BCUT2D eigenvalue weighted by molar-refractivity contribution is -0.384. The Labute approximate surface area is 146 Å². The molecule has 25 heavy (non-hydrogen) atoms. The number of benzene rings is 2. The number of carbonyl (C=O) groups excluding carboxylic acids is 1. The molecule has 0 spiro atoms. The summed E-state index contributed by atoms with van der Waals surface area (Å²) in [5.74, 6) is -0.274. The molecule has 1 heterocycles. The van der Waals surface area contributed by atoms with Crippen molar-refractivity contribution < 1.29 is 19.0 Å². The molecule has 0 aliphatic heterocycles. The van der Waals surface area contributed by atoms with Crippen LogP contribution >= 0.6 is 11.6 Å². The highest BCUT2D eigenvalue weighted by molar-refractivity contribution is 6.33. The van der Waals surface area contributed by atoms with Gasteiger partial charge in [0.15, 0.2) is 6.61 Å². The van der Waals surface area contributed by atoms with Gasteiger partial charge in [0.2, 0.25) is 5.82 Å². The van der Waals surface area contributed by atoms with Crippen LogP contribution in [-0.2, 0) is 11.3 Å². The van der Waals surface area contributed by atoms with Gasteiger partial charge >= 0.3 is 5.97 Å². The summed E-state index contributed by atoms with van der Waals surface area (Å²) in [6.45, 7) is -0.229. The highest BCUT2D eigenvalue weighted by Gasteiger charge is 2.15. The summed E-state index contributed by atoms with van der Waals surface area (Å²) in [4.78, 5) is 26.1. The predicted molar refractivity (Wildman–Crippen MR) is 87.0 cm³/mol. The van der Waals surface area contributed by atoms with E-state index in [1.54, 1.807) is 24.3 Å². The molecule has 0 aliphatic carbocycles. The third kappa shape index (κ3) is 3.81. The van der Waals surface area contributed by atoms with Crippen molar-refractivity contribution in [3.8, 4) is 11.4 Å². The van der Waals surface area contributed by atoms with E-state index in [2.05, 4.69) is 10.1 Å². The van der Waals surface area contributed by atoms with Crippen molar-refractivity contribution in [1.29, 1.82) is 0 Å². The van der Waals surface area contributed by atoms with Crippen molar-refractivity contribution in [2.24, 2.45) is 0 Å². The fourth-order valence-corrected chi connectivity index (χ4v) is 2.22. The molecule has 8 nitrogen and oxygen atoms in total. The number of hydrogen-bond acceptors (Lipinski definition) is 7. The third-order valence-corrected chi connectivity index (χ3v) is 3.55. The van der Waals surface area contributed by atoms with Crippen LogP contribution in [-0.4, -0.2) is 21.0 Å². The van der Waals surface area contributed by atoms with Crippen molar-refractivity contribution in [2.45, 2.75) is 6.61 Å². The molecule has 0 saturated heterocycles. The molecule has 0 fully saturated rings. The van der Waals surface area contributed by atoms with E-state index < -0.39 is 10.9 Å². The highest BCUT2D eigenvalue weighted by atomic mass is 35.5. The van der Waals surface area contributed by atoms with Crippen molar-refractivity contribution in [3.63, 3.8) is 0 Å². The standard InChI is InChI=1S/C16H10ClN3O5/c17-13-4-2-1-3-12(13)15-18-14(25-19-15)9-24-16(21)10-5-7-11(8-6-10)20(22)23/h1-8H,9H2. The van der Waals surface area contributed by atoms with Crippen molar-refractivity contribution in [3.05, 3.63) is 75.1 Å². The van der Waals surface area contributed by atoms with Gasteiger partial charge in [0, 0.05) is 17.7 Å². The molecule has 1 aromatic heterocycles. The van der Waals surface area contributed by atoms with Gasteiger partial charge in [0.1, 0.15) is 0 Å². The van der Waals surface area contributed by atoms with Crippen LogP contribution in [0.15, 0.2) is 53.1 Å².